The van der Waals surface area contributed by atoms with Crippen LogP contribution in [0.15, 0.2) is 0 Å². The van der Waals surface area contributed by atoms with Crippen molar-refractivity contribution < 1.29 is 33.8 Å². The van der Waals surface area contributed by atoms with Gasteiger partial charge >= 0.3 is 5.97 Å². The van der Waals surface area contributed by atoms with Crippen LogP contribution in [0, 0.1) is 15.5 Å². The lowest BCUT2D eigenvalue weighted by Gasteiger charge is -2.25. The summed E-state index contributed by atoms with van der Waals surface area (Å²) >= 11 is 0.751. The van der Waals surface area contributed by atoms with Crippen LogP contribution >= 0.6 is 11.8 Å². The summed E-state index contributed by atoms with van der Waals surface area (Å²) in [7, 11) is 0. The lowest BCUT2D eigenvalue weighted by atomic mass is 9.93. The van der Waals surface area contributed by atoms with Gasteiger partial charge in [0.1, 0.15) is 12.6 Å². The van der Waals surface area contributed by atoms with Crippen LogP contribution in [0.25, 0.3) is 0 Å². The van der Waals surface area contributed by atoms with Gasteiger partial charge in [-0.15, -0.1) is 10.1 Å². The van der Waals surface area contributed by atoms with E-state index in [2.05, 4.69) is 15.5 Å². The smallest absolute Gasteiger partial charge is 0.329 e. The first kappa shape index (κ1) is 24.6. The van der Waals surface area contributed by atoms with Gasteiger partial charge in [-0.3, -0.25) is 14.4 Å². The lowest BCUT2D eigenvalue weighted by Crippen LogP contribution is -2.50. The molecule has 2 amide bonds. The minimum atomic E-state index is -1.30. The molecule has 0 fully saturated rings. The van der Waals surface area contributed by atoms with Crippen LogP contribution in [0.5, 0.6) is 0 Å². The van der Waals surface area contributed by atoms with Crippen molar-refractivity contribution >= 4 is 34.7 Å². The van der Waals surface area contributed by atoms with E-state index in [0.717, 1.165) is 11.8 Å². The van der Waals surface area contributed by atoms with E-state index in [1.807, 2.05) is 0 Å². The van der Waals surface area contributed by atoms with Gasteiger partial charge in [-0.1, -0.05) is 11.8 Å². The zero-order valence-corrected chi connectivity index (χ0v) is 16.7. The van der Waals surface area contributed by atoms with Crippen molar-refractivity contribution in [2.24, 2.45) is 5.41 Å². The number of rotatable bonds is 11. The van der Waals surface area contributed by atoms with Crippen molar-refractivity contribution in [2.75, 3.05) is 19.0 Å². The molecule has 0 aromatic rings. The third-order valence-electron chi connectivity index (χ3n) is 3.19. The quantitative estimate of drug-likeness (QED) is 0.275. The summed E-state index contributed by atoms with van der Waals surface area (Å²) in [6.45, 7) is 6.73. The van der Waals surface area contributed by atoms with E-state index in [1.54, 1.807) is 6.92 Å². The molecule has 0 aliphatic rings. The Labute approximate surface area is 161 Å². The molecule has 27 heavy (non-hydrogen) atoms. The van der Waals surface area contributed by atoms with Crippen LogP contribution in [0.2, 0.25) is 0 Å². The molecule has 0 spiro atoms. The molecule has 0 rings (SSSR count). The summed E-state index contributed by atoms with van der Waals surface area (Å²) < 4.78 is 4.89. The fourth-order valence-electron chi connectivity index (χ4n) is 1.70. The molecule has 0 aliphatic carbocycles. The van der Waals surface area contributed by atoms with E-state index >= 15 is 0 Å². The summed E-state index contributed by atoms with van der Waals surface area (Å²) in [5, 5.41) is 13.7. The monoisotopic (exact) mass is 407 g/mol. The molecule has 1 unspecified atom stereocenters. The molecular formula is C15H25N3O8S. The maximum absolute atomic E-state index is 12.3. The number of thioether (sulfide) groups is 1. The molecular weight excluding hydrogens is 382 g/mol. The highest BCUT2D eigenvalue weighted by Gasteiger charge is 2.33. The zero-order chi connectivity index (χ0) is 21.2. The number of hydrogen-bond donors (Lipinski definition) is 2. The molecule has 0 heterocycles. The zero-order valence-electron chi connectivity index (χ0n) is 15.9. The molecule has 2 atom stereocenters. The number of ether oxygens (including phenoxy) is 1. The Kier molecular flexibility index (Phi) is 10.4. The van der Waals surface area contributed by atoms with E-state index in [-0.39, 0.29) is 18.3 Å². The lowest BCUT2D eigenvalue weighted by molar-refractivity contribution is -0.760. The van der Waals surface area contributed by atoms with Crippen LogP contribution < -0.4 is 10.6 Å². The molecule has 0 aliphatic heterocycles. The predicted molar refractivity (Wildman–Crippen MR) is 96.0 cm³/mol. The molecule has 0 aromatic heterocycles. The fourth-order valence-corrected chi connectivity index (χ4v) is 2.56. The molecule has 2 N–H and O–H groups in total. The summed E-state index contributed by atoms with van der Waals surface area (Å²) in [5.41, 5.74) is -1.30. The van der Waals surface area contributed by atoms with E-state index in [1.165, 1.54) is 27.7 Å². The molecule has 12 heteroatoms. The number of amides is 2. The largest absolute Gasteiger partial charge is 0.464 e. The van der Waals surface area contributed by atoms with Crippen molar-refractivity contribution in [3.63, 3.8) is 0 Å². The van der Waals surface area contributed by atoms with Gasteiger partial charge in [-0.25, -0.2) is 4.79 Å². The van der Waals surface area contributed by atoms with Crippen molar-refractivity contribution in [3.05, 3.63) is 10.1 Å². The third kappa shape index (κ3) is 9.78. The third-order valence-corrected chi connectivity index (χ3v) is 4.33. The number of carbonyl (C=O) groups is 4. The summed E-state index contributed by atoms with van der Waals surface area (Å²) in [4.78, 5) is 62.0. The molecule has 11 nitrogen and oxygen atoms in total. The van der Waals surface area contributed by atoms with E-state index in [9.17, 15) is 29.3 Å². The topological polar surface area (TPSA) is 154 Å². The number of hydrogen-bond acceptors (Lipinski definition) is 9. The number of carbonyl (C=O) groups excluding carboxylic acids is 4. The van der Waals surface area contributed by atoms with Gasteiger partial charge < -0.3 is 20.2 Å². The van der Waals surface area contributed by atoms with E-state index in [0.29, 0.717) is 0 Å². The van der Waals surface area contributed by atoms with E-state index < -0.39 is 46.2 Å². The van der Waals surface area contributed by atoms with Gasteiger partial charge in [0, 0.05) is 12.7 Å². The van der Waals surface area contributed by atoms with Crippen molar-refractivity contribution in [3.8, 4) is 0 Å². The second kappa shape index (κ2) is 11.4. The summed E-state index contributed by atoms with van der Waals surface area (Å²) in [6.07, 6.45) is 0. The first-order valence-corrected chi connectivity index (χ1v) is 9.08. The SMILES string of the molecule is CCOC(=O)[C@H](CSC(=O)C(C)NC(C)=O)NC(=O)C(C)(C)CO[N+](=O)[O-]. The standard InChI is InChI=1S/C15H25N3O8S/c1-6-25-12(20)11(7-27-13(21)9(2)16-10(3)19)17-14(22)15(4,5)8-26-18(23)24/h9,11H,6-8H2,1-5H3,(H,16,19)(H,17,22)/t9?,11-/m0/s1. The van der Waals surface area contributed by atoms with Crippen LogP contribution in [-0.2, 0) is 28.8 Å². The van der Waals surface area contributed by atoms with Gasteiger partial charge in [-0.05, 0) is 27.7 Å². The maximum Gasteiger partial charge on any atom is 0.329 e. The average Bonchev–Trinajstić information content (AvgIpc) is 2.55. The Balaban J connectivity index is 4.97. The Morgan fingerprint density at radius 1 is 1.22 bits per heavy atom. The normalized spacial score (nSPS) is 13.1. The van der Waals surface area contributed by atoms with Gasteiger partial charge in [0.05, 0.1) is 18.1 Å². The summed E-state index contributed by atoms with van der Waals surface area (Å²) in [6, 6.07) is -1.92. The number of nitrogens with zero attached hydrogens (tertiary/aromatic N) is 1. The Bertz CT molecular complexity index is 581. The highest BCUT2D eigenvalue weighted by Crippen LogP contribution is 2.17. The van der Waals surface area contributed by atoms with Crippen LogP contribution in [0.4, 0.5) is 0 Å². The highest BCUT2D eigenvalue weighted by atomic mass is 32.2. The van der Waals surface area contributed by atoms with Gasteiger partial charge in [-0.2, -0.15) is 0 Å². The minimum Gasteiger partial charge on any atom is -0.464 e. The second-order valence-electron chi connectivity index (χ2n) is 6.21. The summed E-state index contributed by atoms with van der Waals surface area (Å²) in [5.74, 6) is -1.92. The second-order valence-corrected chi connectivity index (χ2v) is 7.24. The Morgan fingerprint density at radius 2 is 1.81 bits per heavy atom. The first-order chi connectivity index (χ1) is 12.4. The minimum absolute atomic E-state index is 0.0694. The molecule has 0 aromatic carbocycles. The van der Waals surface area contributed by atoms with Gasteiger partial charge in [0.15, 0.2) is 0 Å². The Hall–Kier alpha value is -2.37. The molecule has 0 saturated carbocycles. The predicted octanol–water partition coefficient (Wildman–Crippen LogP) is 0.0532. The molecule has 0 saturated heterocycles. The van der Waals surface area contributed by atoms with Crippen molar-refractivity contribution in [1.82, 2.24) is 10.6 Å². The van der Waals surface area contributed by atoms with Crippen LogP contribution in [0.1, 0.15) is 34.6 Å². The Morgan fingerprint density at radius 3 is 2.30 bits per heavy atom. The van der Waals surface area contributed by atoms with Crippen molar-refractivity contribution in [1.29, 1.82) is 0 Å². The maximum atomic E-state index is 12.3. The number of nitrogens with one attached hydrogen (secondary N) is 2. The fraction of sp³-hybridized carbons (Fsp3) is 0.733. The molecule has 0 bridgehead atoms. The van der Waals surface area contributed by atoms with Gasteiger partial charge in [0.25, 0.3) is 5.09 Å². The number of esters is 1. The highest BCUT2D eigenvalue weighted by molar-refractivity contribution is 8.13. The van der Waals surface area contributed by atoms with Crippen LogP contribution in [0.3, 0.4) is 0 Å². The molecule has 0 radical (unpaired) electrons. The van der Waals surface area contributed by atoms with E-state index in [4.69, 9.17) is 4.74 Å². The molecule has 154 valence electrons. The first-order valence-electron chi connectivity index (χ1n) is 8.09. The van der Waals surface area contributed by atoms with Crippen molar-refractivity contribution in [2.45, 2.75) is 46.7 Å². The van der Waals surface area contributed by atoms with Gasteiger partial charge in [0.2, 0.25) is 16.9 Å². The van der Waals surface area contributed by atoms with Crippen LogP contribution in [-0.4, -0.2) is 59.0 Å². The average molecular weight is 407 g/mol.